The maximum Gasteiger partial charge on any atom is 0.416 e. The van der Waals surface area contributed by atoms with Crippen LogP contribution >= 0.6 is 0 Å². The molecule has 31 heavy (non-hydrogen) atoms. The number of nitrogens with zero attached hydrogens (tertiary/aromatic N) is 1. The van der Waals surface area contributed by atoms with Gasteiger partial charge in [-0.05, 0) is 54.3 Å². The number of amides is 1. The van der Waals surface area contributed by atoms with Gasteiger partial charge in [0.25, 0.3) is 0 Å². The van der Waals surface area contributed by atoms with Crippen molar-refractivity contribution in [3.8, 4) is 16.9 Å². The summed E-state index contributed by atoms with van der Waals surface area (Å²) in [7, 11) is 2.66. The van der Waals surface area contributed by atoms with Gasteiger partial charge in [-0.15, -0.1) is 0 Å². The van der Waals surface area contributed by atoms with E-state index < -0.39 is 23.8 Å². The first kappa shape index (κ1) is 24.0. The Balaban J connectivity index is 2.56. The Labute approximate surface area is 178 Å². The molecule has 168 valence electrons. The van der Waals surface area contributed by atoms with E-state index in [0.717, 1.165) is 12.1 Å². The number of hydrogen-bond donors (Lipinski definition) is 1. The fraction of sp³-hybridized carbons (Fsp3) is 0.364. The summed E-state index contributed by atoms with van der Waals surface area (Å²) in [4.78, 5) is 24.3. The standard InChI is InChI=1S/C22H24F3NO5/c1-4-26(21(29)31-3)10-9-15-13-16(22(23,24)25)6-7-17(15)18-11-14(12-20(27)28)5-8-19(18)30-2/h5-8,11,13H,4,9-10,12H2,1-3H3,(H,27,28). The third-order valence-electron chi connectivity index (χ3n) is 4.81. The van der Waals surface area contributed by atoms with E-state index >= 15 is 0 Å². The van der Waals surface area contributed by atoms with Gasteiger partial charge in [-0.2, -0.15) is 13.2 Å². The molecular formula is C22H24F3NO5. The Morgan fingerprint density at radius 1 is 1.06 bits per heavy atom. The van der Waals surface area contributed by atoms with E-state index in [-0.39, 0.29) is 19.4 Å². The van der Waals surface area contributed by atoms with Crippen LogP contribution in [0, 0.1) is 0 Å². The lowest BCUT2D eigenvalue weighted by Gasteiger charge is -2.21. The minimum Gasteiger partial charge on any atom is -0.496 e. The highest BCUT2D eigenvalue weighted by molar-refractivity contribution is 5.77. The molecule has 0 unspecified atom stereocenters. The summed E-state index contributed by atoms with van der Waals surface area (Å²) < 4.78 is 50.1. The van der Waals surface area contributed by atoms with Crippen molar-refractivity contribution in [3.05, 3.63) is 53.1 Å². The first-order chi connectivity index (χ1) is 14.6. The molecule has 0 heterocycles. The number of aliphatic carboxylic acids is 1. The molecule has 0 aliphatic carbocycles. The van der Waals surface area contributed by atoms with Crippen molar-refractivity contribution in [2.24, 2.45) is 0 Å². The number of benzene rings is 2. The van der Waals surface area contributed by atoms with Crippen LogP contribution in [0.3, 0.4) is 0 Å². The van der Waals surface area contributed by atoms with E-state index in [1.165, 1.54) is 25.2 Å². The van der Waals surface area contributed by atoms with Crippen molar-refractivity contribution in [1.29, 1.82) is 0 Å². The number of likely N-dealkylation sites (N-methyl/N-ethyl adjacent to an activating group) is 1. The Morgan fingerprint density at radius 3 is 2.32 bits per heavy atom. The van der Waals surface area contributed by atoms with Crippen LogP contribution in [0.1, 0.15) is 23.6 Å². The summed E-state index contributed by atoms with van der Waals surface area (Å²) in [5, 5.41) is 9.08. The number of methoxy groups -OCH3 is 2. The lowest BCUT2D eigenvalue weighted by Crippen LogP contribution is -2.32. The number of carbonyl (C=O) groups excluding carboxylic acids is 1. The number of alkyl halides is 3. The fourth-order valence-electron chi connectivity index (χ4n) is 3.25. The zero-order chi connectivity index (χ0) is 23.2. The predicted molar refractivity (Wildman–Crippen MR) is 108 cm³/mol. The molecule has 0 saturated carbocycles. The molecule has 1 amide bonds. The van der Waals surface area contributed by atoms with Gasteiger partial charge in [-0.3, -0.25) is 4.79 Å². The normalized spacial score (nSPS) is 11.2. The highest BCUT2D eigenvalue weighted by Gasteiger charge is 2.31. The van der Waals surface area contributed by atoms with E-state index in [1.807, 2.05) is 0 Å². The second kappa shape index (κ2) is 10.2. The lowest BCUT2D eigenvalue weighted by atomic mass is 9.93. The molecule has 0 aliphatic rings. The summed E-state index contributed by atoms with van der Waals surface area (Å²) in [6.45, 7) is 2.22. The number of carboxylic acids is 1. The average Bonchev–Trinajstić information content (AvgIpc) is 2.72. The molecule has 0 saturated heterocycles. The summed E-state index contributed by atoms with van der Waals surface area (Å²) >= 11 is 0. The second-order valence-corrected chi connectivity index (χ2v) is 6.77. The summed E-state index contributed by atoms with van der Waals surface area (Å²) in [6, 6.07) is 8.13. The molecule has 0 spiro atoms. The smallest absolute Gasteiger partial charge is 0.416 e. The van der Waals surface area contributed by atoms with Crippen LogP contribution in [-0.4, -0.2) is 49.4 Å². The molecule has 6 nitrogen and oxygen atoms in total. The zero-order valence-electron chi connectivity index (χ0n) is 17.5. The summed E-state index contributed by atoms with van der Waals surface area (Å²) in [5.74, 6) is -0.629. The quantitative estimate of drug-likeness (QED) is 0.649. The number of hydrogen-bond acceptors (Lipinski definition) is 4. The van der Waals surface area contributed by atoms with Gasteiger partial charge in [0.15, 0.2) is 0 Å². The number of halogens is 3. The minimum atomic E-state index is -4.53. The topological polar surface area (TPSA) is 76.1 Å². The highest BCUT2D eigenvalue weighted by atomic mass is 19.4. The SMILES string of the molecule is CCN(CCc1cc(C(F)(F)F)ccc1-c1cc(CC(=O)O)ccc1OC)C(=O)OC. The van der Waals surface area contributed by atoms with Crippen molar-refractivity contribution in [2.75, 3.05) is 27.3 Å². The molecule has 0 bridgehead atoms. The van der Waals surface area contributed by atoms with Gasteiger partial charge < -0.3 is 19.5 Å². The molecule has 1 N–H and O–H groups in total. The third-order valence-corrected chi connectivity index (χ3v) is 4.81. The van der Waals surface area contributed by atoms with Gasteiger partial charge in [-0.25, -0.2) is 4.79 Å². The second-order valence-electron chi connectivity index (χ2n) is 6.77. The van der Waals surface area contributed by atoms with Crippen LogP contribution < -0.4 is 4.74 Å². The Bertz CT molecular complexity index is 943. The highest BCUT2D eigenvalue weighted by Crippen LogP contribution is 2.37. The fourth-order valence-corrected chi connectivity index (χ4v) is 3.25. The summed E-state index contributed by atoms with van der Waals surface area (Å²) in [6.07, 6.45) is -5.21. The van der Waals surface area contributed by atoms with E-state index in [9.17, 15) is 22.8 Å². The predicted octanol–water partition coefficient (Wildman–Crippen LogP) is 4.64. The maximum atomic E-state index is 13.3. The van der Waals surface area contributed by atoms with Gasteiger partial charge in [0.05, 0.1) is 26.2 Å². The number of carbonyl (C=O) groups is 2. The molecule has 0 aromatic heterocycles. The van der Waals surface area contributed by atoms with Gasteiger partial charge in [0, 0.05) is 18.7 Å². The molecule has 0 aliphatic heterocycles. The van der Waals surface area contributed by atoms with Crippen molar-refractivity contribution in [3.63, 3.8) is 0 Å². The van der Waals surface area contributed by atoms with E-state index in [0.29, 0.717) is 34.5 Å². The molecule has 0 radical (unpaired) electrons. The van der Waals surface area contributed by atoms with Crippen molar-refractivity contribution < 1.29 is 37.3 Å². The minimum absolute atomic E-state index is 0.133. The Kier molecular flexibility index (Phi) is 7.90. The third kappa shape index (κ3) is 6.13. The Hall–Kier alpha value is -3.23. The molecule has 0 fully saturated rings. The molecule has 2 rings (SSSR count). The number of ether oxygens (including phenoxy) is 2. The largest absolute Gasteiger partial charge is 0.496 e. The van der Waals surface area contributed by atoms with Crippen LogP contribution in [0.2, 0.25) is 0 Å². The first-order valence-corrected chi connectivity index (χ1v) is 9.52. The van der Waals surface area contributed by atoms with Crippen LogP contribution in [0.15, 0.2) is 36.4 Å². The van der Waals surface area contributed by atoms with E-state index in [4.69, 9.17) is 14.6 Å². The molecule has 0 atom stereocenters. The van der Waals surface area contributed by atoms with Crippen LogP contribution in [0.4, 0.5) is 18.0 Å². The average molecular weight is 439 g/mol. The van der Waals surface area contributed by atoms with Crippen molar-refractivity contribution >= 4 is 12.1 Å². The first-order valence-electron chi connectivity index (χ1n) is 9.52. The number of rotatable bonds is 8. The molecule has 2 aromatic rings. The molecular weight excluding hydrogens is 415 g/mol. The molecule has 2 aromatic carbocycles. The van der Waals surface area contributed by atoms with Gasteiger partial charge >= 0.3 is 18.2 Å². The Morgan fingerprint density at radius 2 is 1.77 bits per heavy atom. The van der Waals surface area contributed by atoms with E-state index in [2.05, 4.69) is 0 Å². The van der Waals surface area contributed by atoms with E-state index in [1.54, 1.807) is 25.1 Å². The van der Waals surface area contributed by atoms with Gasteiger partial charge in [0.2, 0.25) is 0 Å². The van der Waals surface area contributed by atoms with Gasteiger partial charge in [-0.1, -0.05) is 12.1 Å². The summed E-state index contributed by atoms with van der Waals surface area (Å²) in [5.41, 5.74) is 0.971. The number of carboxylic acid groups (broad SMARTS) is 1. The van der Waals surface area contributed by atoms with Crippen LogP contribution in [0.5, 0.6) is 5.75 Å². The van der Waals surface area contributed by atoms with Crippen molar-refractivity contribution in [2.45, 2.75) is 25.9 Å². The van der Waals surface area contributed by atoms with Crippen LogP contribution in [-0.2, 0) is 28.5 Å². The lowest BCUT2D eigenvalue weighted by molar-refractivity contribution is -0.138. The zero-order valence-corrected chi connectivity index (χ0v) is 17.5. The van der Waals surface area contributed by atoms with Crippen LogP contribution in [0.25, 0.3) is 11.1 Å². The maximum absolute atomic E-state index is 13.3. The monoisotopic (exact) mass is 439 g/mol. The van der Waals surface area contributed by atoms with Crippen molar-refractivity contribution in [1.82, 2.24) is 4.90 Å². The molecule has 9 heteroatoms. The van der Waals surface area contributed by atoms with Gasteiger partial charge in [0.1, 0.15) is 5.75 Å².